The molecule has 12 heteroatoms. The molecule has 0 radical (unpaired) electrons. The lowest BCUT2D eigenvalue weighted by molar-refractivity contribution is -0.129. The Labute approximate surface area is 275 Å². The van der Waals surface area contributed by atoms with Crippen LogP contribution in [0.3, 0.4) is 0 Å². The Hall–Kier alpha value is -3.95. The molecule has 2 amide bonds. The smallest absolute Gasteiger partial charge is 0.404 e. The van der Waals surface area contributed by atoms with Crippen molar-refractivity contribution in [2.45, 2.75) is 53.8 Å². The van der Waals surface area contributed by atoms with E-state index in [9.17, 15) is 27.7 Å². The molecule has 2 aromatic carbocycles. The van der Waals surface area contributed by atoms with Crippen LogP contribution in [0.2, 0.25) is 0 Å². The number of piperidine rings is 1. The second kappa shape index (κ2) is 13.3. The fourth-order valence-electron chi connectivity index (χ4n) is 8.29. The molecule has 47 heavy (non-hydrogen) atoms. The van der Waals surface area contributed by atoms with Crippen LogP contribution in [0.15, 0.2) is 66.1 Å². The van der Waals surface area contributed by atoms with Crippen LogP contribution >= 0.6 is 0 Å². The largest absolute Gasteiger partial charge is 0.446 e. The van der Waals surface area contributed by atoms with Crippen LogP contribution in [0.1, 0.15) is 37.7 Å². The van der Waals surface area contributed by atoms with Gasteiger partial charge in [0.15, 0.2) is 9.84 Å². The van der Waals surface area contributed by atoms with E-state index in [4.69, 9.17) is 10.5 Å². The molecule has 3 heterocycles. The van der Waals surface area contributed by atoms with E-state index in [0.717, 1.165) is 57.7 Å². The van der Waals surface area contributed by atoms with Crippen LogP contribution < -0.4 is 10.6 Å². The zero-order valence-electron chi connectivity index (χ0n) is 26.5. The first kappa shape index (κ1) is 33.0. The van der Waals surface area contributed by atoms with Crippen molar-refractivity contribution >= 4 is 27.5 Å². The van der Waals surface area contributed by atoms with Crippen LogP contribution in [-0.2, 0) is 24.8 Å². The van der Waals surface area contributed by atoms with E-state index >= 15 is 0 Å². The molecule has 3 aliphatic heterocycles. The molecule has 0 spiro atoms. The molecule has 1 aliphatic carbocycles. The lowest BCUT2D eigenvalue weighted by atomic mass is 9.59. The molecular formula is C35H42FN5O5S. The Morgan fingerprint density at radius 1 is 1.06 bits per heavy atom. The zero-order valence-corrected chi connectivity index (χ0v) is 27.3. The van der Waals surface area contributed by atoms with E-state index in [2.05, 4.69) is 22.4 Å². The lowest BCUT2D eigenvalue weighted by Crippen LogP contribution is -2.56. The summed E-state index contributed by atoms with van der Waals surface area (Å²) in [7, 11) is -3.51. The van der Waals surface area contributed by atoms with Crippen LogP contribution in [0, 0.1) is 34.9 Å². The Balaban J connectivity index is 1.04. The molecule has 1 saturated carbocycles. The third-order valence-electron chi connectivity index (χ3n) is 10.8. The van der Waals surface area contributed by atoms with Gasteiger partial charge in [0.2, 0.25) is 5.91 Å². The number of nitrogens with two attached hydrogens (primary N) is 1. The summed E-state index contributed by atoms with van der Waals surface area (Å²) in [6, 6.07) is 16.0. The normalized spacial score (nSPS) is 24.1. The van der Waals surface area contributed by atoms with Crippen LogP contribution in [0.5, 0.6) is 0 Å². The fraction of sp³-hybridized carbons (Fsp3) is 0.514. The summed E-state index contributed by atoms with van der Waals surface area (Å²) in [6.07, 6.45) is 3.59. The van der Waals surface area contributed by atoms with E-state index < -0.39 is 32.7 Å². The Bertz CT molecular complexity index is 1640. The highest BCUT2D eigenvalue weighted by molar-refractivity contribution is 7.92. The number of hydrogen-bond donors (Lipinski definition) is 1. The molecular weight excluding hydrogens is 621 g/mol. The highest BCUT2D eigenvalue weighted by atomic mass is 32.2. The van der Waals surface area contributed by atoms with Crippen LogP contribution in [0.4, 0.5) is 14.9 Å². The topological polar surface area (TPSA) is 137 Å². The molecule has 0 aromatic heterocycles. The van der Waals surface area contributed by atoms with Crippen molar-refractivity contribution in [2.24, 2.45) is 23.5 Å². The number of nitriles is 1. The van der Waals surface area contributed by atoms with Crippen molar-refractivity contribution in [3.63, 3.8) is 0 Å². The molecule has 1 unspecified atom stereocenters. The van der Waals surface area contributed by atoms with Gasteiger partial charge < -0.3 is 25.2 Å². The van der Waals surface area contributed by atoms with Crippen molar-refractivity contribution in [3.8, 4) is 6.07 Å². The van der Waals surface area contributed by atoms with E-state index in [-0.39, 0.29) is 41.5 Å². The highest BCUT2D eigenvalue weighted by Gasteiger charge is 2.53. The maximum Gasteiger partial charge on any atom is 0.404 e. The summed E-state index contributed by atoms with van der Waals surface area (Å²) < 4.78 is 46.0. The second-order valence-corrected chi connectivity index (χ2v) is 15.7. The third-order valence-corrected chi connectivity index (χ3v) is 12.9. The summed E-state index contributed by atoms with van der Waals surface area (Å²) in [6.45, 7) is 8.12. The summed E-state index contributed by atoms with van der Waals surface area (Å²) in [5.74, 6) is -0.458. The number of carbonyl (C=O) groups is 2. The van der Waals surface area contributed by atoms with Gasteiger partial charge in [0.05, 0.1) is 16.4 Å². The van der Waals surface area contributed by atoms with Crippen molar-refractivity contribution in [1.82, 2.24) is 9.80 Å². The summed E-state index contributed by atoms with van der Waals surface area (Å²) in [5, 5.41) is 10.2. The molecule has 4 aliphatic rings. The number of primary amides is 1. The molecule has 3 saturated heterocycles. The van der Waals surface area contributed by atoms with Crippen LogP contribution in [-0.4, -0.2) is 87.4 Å². The number of anilines is 1. The number of rotatable bonds is 10. The summed E-state index contributed by atoms with van der Waals surface area (Å²) >= 11 is 0. The number of likely N-dealkylation sites (tertiary alicyclic amines) is 2. The standard InChI is InChI=1S/C35H42FN5O5S/c1-2-33(42)41-21-30(22-41)47(44,45)29-11-9-28(10-12-29)40-19-24(20-40)18-39-15-13-25(14-16-39)35(23-37,26-5-3-6-27(36)17-26)31-7-4-8-32(31)46-34(38)43/h2-3,5-6,9-12,17,24-25,30-32H,1,4,7-8,13-16,18-22H2,(H2,38,43)/t31-,32-,35?/m0/s1. The average molecular weight is 664 g/mol. The minimum absolute atomic E-state index is 0.0224. The second-order valence-electron chi connectivity index (χ2n) is 13.5. The molecule has 2 N–H and O–H groups in total. The van der Waals surface area contributed by atoms with Gasteiger partial charge in [-0.3, -0.25) is 4.79 Å². The molecule has 0 bridgehead atoms. The minimum Gasteiger partial charge on any atom is -0.446 e. The highest BCUT2D eigenvalue weighted by Crippen LogP contribution is 2.51. The number of nitrogens with zero attached hydrogens (tertiary/aromatic N) is 4. The van der Waals surface area contributed by atoms with Crippen molar-refractivity contribution in [2.75, 3.05) is 50.7 Å². The van der Waals surface area contributed by atoms with Gasteiger partial charge in [-0.05, 0) is 99.1 Å². The van der Waals surface area contributed by atoms with Gasteiger partial charge in [-0.25, -0.2) is 17.6 Å². The Morgan fingerprint density at radius 3 is 2.38 bits per heavy atom. The predicted octanol–water partition coefficient (Wildman–Crippen LogP) is 3.87. The monoisotopic (exact) mass is 663 g/mol. The molecule has 10 nitrogen and oxygen atoms in total. The third kappa shape index (κ3) is 6.35. The number of ether oxygens (including phenoxy) is 1. The van der Waals surface area contributed by atoms with Crippen molar-refractivity contribution in [1.29, 1.82) is 5.26 Å². The van der Waals surface area contributed by atoms with E-state index in [1.807, 2.05) is 18.2 Å². The first-order chi connectivity index (χ1) is 22.5. The molecule has 250 valence electrons. The zero-order chi connectivity index (χ0) is 33.3. The molecule has 3 atom stereocenters. The number of benzene rings is 2. The lowest BCUT2D eigenvalue weighted by Gasteiger charge is -2.47. The maximum atomic E-state index is 14.5. The fourth-order valence-corrected chi connectivity index (χ4v) is 9.94. The quantitative estimate of drug-likeness (QED) is 0.379. The molecule has 4 fully saturated rings. The average Bonchev–Trinajstić information content (AvgIpc) is 3.47. The van der Waals surface area contributed by atoms with Crippen molar-refractivity contribution in [3.05, 3.63) is 72.6 Å². The van der Waals surface area contributed by atoms with Gasteiger partial charge in [0.25, 0.3) is 0 Å². The first-order valence-electron chi connectivity index (χ1n) is 16.4. The molecule has 2 aromatic rings. The Kier molecular flexibility index (Phi) is 9.31. The van der Waals surface area contributed by atoms with Crippen LogP contribution in [0.25, 0.3) is 0 Å². The van der Waals surface area contributed by atoms with Gasteiger partial charge in [-0.1, -0.05) is 18.7 Å². The van der Waals surface area contributed by atoms with E-state index in [1.54, 1.807) is 18.2 Å². The van der Waals surface area contributed by atoms with E-state index in [1.165, 1.54) is 23.1 Å². The van der Waals surface area contributed by atoms with Gasteiger partial charge in [0.1, 0.15) is 17.2 Å². The summed E-state index contributed by atoms with van der Waals surface area (Å²) in [4.78, 5) is 29.8. The number of hydrogen-bond acceptors (Lipinski definition) is 8. The summed E-state index contributed by atoms with van der Waals surface area (Å²) in [5.41, 5.74) is 6.04. The molecule has 6 rings (SSSR count). The number of sulfone groups is 1. The van der Waals surface area contributed by atoms with Gasteiger partial charge in [-0.2, -0.15) is 5.26 Å². The minimum atomic E-state index is -3.51. The predicted molar refractivity (Wildman–Crippen MR) is 175 cm³/mol. The van der Waals surface area contributed by atoms with Gasteiger partial charge in [0, 0.05) is 50.2 Å². The number of halogens is 1. The van der Waals surface area contributed by atoms with Crippen molar-refractivity contribution < 1.29 is 27.1 Å². The number of amides is 2. The van der Waals surface area contributed by atoms with E-state index in [0.29, 0.717) is 24.3 Å². The number of carbonyl (C=O) groups excluding carboxylic acids is 2. The Morgan fingerprint density at radius 2 is 1.77 bits per heavy atom. The first-order valence-corrected chi connectivity index (χ1v) is 18.0. The van der Waals surface area contributed by atoms with Gasteiger partial charge in [-0.15, -0.1) is 0 Å². The SMILES string of the molecule is C=CC(=O)N1CC(S(=O)(=O)c2ccc(N3CC(CN4CCC(C(C#N)(c5cccc(F)c5)[C@H]5CCC[C@@H]5OC(N)=O)CC4)C3)cc2)C1. The van der Waals surface area contributed by atoms with Gasteiger partial charge >= 0.3 is 6.09 Å². The maximum absolute atomic E-state index is 14.5.